The maximum atomic E-state index is 10.5. The van der Waals surface area contributed by atoms with Crippen molar-refractivity contribution in [1.82, 2.24) is 19.5 Å². The van der Waals surface area contributed by atoms with Gasteiger partial charge in [0, 0.05) is 6.61 Å². The van der Waals surface area contributed by atoms with E-state index in [1.807, 2.05) is 6.26 Å². The summed E-state index contributed by atoms with van der Waals surface area (Å²) in [5.74, 6) is 2.83. The van der Waals surface area contributed by atoms with Gasteiger partial charge in [0.15, 0.2) is 16.6 Å². The molecule has 2 aromatic heterocycles. The Morgan fingerprint density at radius 1 is 1.50 bits per heavy atom. The van der Waals surface area contributed by atoms with E-state index in [1.165, 1.54) is 18.1 Å². The average molecular weight is 349 g/mol. The molecule has 0 radical (unpaired) electrons. The predicted octanol–water partition coefficient (Wildman–Crippen LogP) is -0.201. The quantitative estimate of drug-likeness (QED) is 0.339. The van der Waals surface area contributed by atoms with Gasteiger partial charge in [-0.2, -0.15) is 0 Å². The third kappa shape index (κ3) is 2.43. The number of imidazole rings is 1. The second-order valence-corrected chi connectivity index (χ2v) is 6.67. The normalized spacial score (nSPS) is 29.9. The zero-order valence-electron chi connectivity index (χ0n) is 13.1. The van der Waals surface area contributed by atoms with Crippen molar-refractivity contribution in [2.75, 3.05) is 18.6 Å². The first-order valence-corrected chi connectivity index (χ1v) is 8.68. The lowest BCUT2D eigenvalue weighted by Crippen LogP contribution is -2.36. The maximum Gasteiger partial charge on any atom is 0.191 e. The highest BCUT2D eigenvalue weighted by molar-refractivity contribution is 7.98. The van der Waals surface area contributed by atoms with E-state index in [-0.39, 0.29) is 18.8 Å². The van der Waals surface area contributed by atoms with Gasteiger partial charge in [0.25, 0.3) is 0 Å². The van der Waals surface area contributed by atoms with Crippen molar-refractivity contribution in [1.29, 1.82) is 0 Å². The number of hydrogen-bond donors (Lipinski definition) is 4. The highest BCUT2D eigenvalue weighted by Crippen LogP contribution is 2.47. The number of aliphatic hydroxyl groups excluding tert-OH is 3. The van der Waals surface area contributed by atoms with Crippen molar-refractivity contribution in [3.8, 4) is 12.3 Å². The Balaban J connectivity index is 2.08. The lowest BCUT2D eigenvalue weighted by atomic mass is 9.81. The monoisotopic (exact) mass is 349 g/mol. The molecule has 2 aromatic rings. The van der Waals surface area contributed by atoms with Crippen LogP contribution in [0.1, 0.15) is 18.9 Å². The Kier molecular flexibility index (Phi) is 4.40. The first kappa shape index (κ1) is 17.0. The minimum absolute atomic E-state index is 0.170. The Morgan fingerprint density at radius 2 is 2.25 bits per heavy atom. The number of fused-ring (bicyclic) bond motifs is 1. The SMILES string of the molecule is C#C[C@]1(CCO)CC(n2cnc3c(N)nc(SC)nc32)[C@H](O)[C@@H]1O. The molecule has 0 spiro atoms. The first-order valence-electron chi connectivity index (χ1n) is 7.46. The van der Waals surface area contributed by atoms with Crippen LogP contribution in [0.4, 0.5) is 5.82 Å². The predicted molar refractivity (Wildman–Crippen MR) is 90.2 cm³/mol. The van der Waals surface area contributed by atoms with Gasteiger partial charge < -0.3 is 25.6 Å². The lowest BCUT2D eigenvalue weighted by molar-refractivity contribution is -0.0154. The summed E-state index contributed by atoms with van der Waals surface area (Å²) in [4.78, 5) is 12.8. The number of aliphatic hydroxyl groups is 3. The number of nitrogen functional groups attached to an aromatic ring is 1. The number of anilines is 1. The summed E-state index contributed by atoms with van der Waals surface area (Å²) >= 11 is 1.35. The zero-order valence-corrected chi connectivity index (χ0v) is 13.9. The molecule has 0 amide bonds. The highest BCUT2D eigenvalue weighted by Gasteiger charge is 2.52. The lowest BCUT2D eigenvalue weighted by Gasteiger charge is -2.26. The number of nitrogens with zero attached hydrogens (tertiary/aromatic N) is 4. The molecule has 0 aromatic carbocycles. The minimum atomic E-state index is -1.14. The Morgan fingerprint density at radius 3 is 2.88 bits per heavy atom. The topological polar surface area (TPSA) is 130 Å². The molecule has 5 N–H and O–H groups in total. The van der Waals surface area contributed by atoms with Crippen molar-refractivity contribution < 1.29 is 15.3 Å². The highest BCUT2D eigenvalue weighted by atomic mass is 32.2. The fraction of sp³-hybridized carbons (Fsp3) is 0.533. The third-order valence-corrected chi connectivity index (χ3v) is 5.22. The van der Waals surface area contributed by atoms with Crippen LogP contribution in [0.25, 0.3) is 11.2 Å². The molecule has 4 atom stereocenters. The maximum absolute atomic E-state index is 10.5. The summed E-state index contributed by atoms with van der Waals surface area (Å²) in [6.45, 7) is -0.170. The molecule has 0 aliphatic heterocycles. The number of hydrogen-bond acceptors (Lipinski definition) is 8. The molecule has 1 fully saturated rings. The third-order valence-electron chi connectivity index (χ3n) is 4.67. The van der Waals surface area contributed by atoms with E-state index in [0.717, 1.165) is 0 Å². The van der Waals surface area contributed by atoms with Gasteiger partial charge in [0.05, 0.1) is 23.9 Å². The van der Waals surface area contributed by atoms with Crippen molar-refractivity contribution in [2.45, 2.75) is 36.2 Å². The summed E-state index contributed by atoms with van der Waals surface area (Å²) in [5, 5.41) is 30.7. The Bertz CT molecular complexity index is 804. The fourth-order valence-electron chi connectivity index (χ4n) is 3.33. The molecule has 1 aliphatic carbocycles. The second-order valence-electron chi connectivity index (χ2n) is 5.90. The average Bonchev–Trinajstić information content (AvgIpc) is 3.10. The number of thioether (sulfide) groups is 1. The number of rotatable bonds is 4. The summed E-state index contributed by atoms with van der Waals surface area (Å²) in [7, 11) is 0. The van der Waals surface area contributed by atoms with Gasteiger partial charge in [-0.25, -0.2) is 15.0 Å². The first-order chi connectivity index (χ1) is 11.5. The molecule has 1 saturated carbocycles. The van der Waals surface area contributed by atoms with Gasteiger partial charge in [-0.1, -0.05) is 17.7 Å². The number of nitrogens with two attached hydrogens (primary N) is 1. The van der Waals surface area contributed by atoms with Gasteiger partial charge in [-0.15, -0.1) is 6.42 Å². The molecule has 0 saturated heterocycles. The van der Waals surface area contributed by atoms with Crippen LogP contribution in [0.5, 0.6) is 0 Å². The largest absolute Gasteiger partial charge is 0.396 e. The van der Waals surface area contributed by atoms with E-state index >= 15 is 0 Å². The molecule has 2 heterocycles. The van der Waals surface area contributed by atoms with Crippen LogP contribution in [0, 0.1) is 17.8 Å². The van der Waals surface area contributed by atoms with Crippen LogP contribution in [-0.4, -0.2) is 59.9 Å². The summed E-state index contributed by atoms with van der Waals surface area (Å²) < 4.78 is 1.68. The van der Waals surface area contributed by atoms with Gasteiger partial charge >= 0.3 is 0 Å². The molecule has 128 valence electrons. The molecule has 1 unspecified atom stereocenters. The Hall–Kier alpha value is -1.86. The minimum Gasteiger partial charge on any atom is -0.396 e. The zero-order chi connectivity index (χ0) is 17.5. The molecule has 0 bridgehead atoms. The van der Waals surface area contributed by atoms with Crippen molar-refractivity contribution in [3.63, 3.8) is 0 Å². The van der Waals surface area contributed by atoms with E-state index in [4.69, 9.17) is 12.2 Å². The Labute approximate surface area is 143 Å². The summed E-state index contributed by atoms with van der Waals surface area (Å²) in [6.07, 6.45) is 7.22. The van der Waals surface area contributed by atoms with Crippen molar-refractivity contribution in [2.24, 2.45) is 5.41 Å². The summed E-state index contributed by atoms with van der Waals surface area (Å²) in [6, 6.07) is -0.517. The molecular formula is C15H19N5O3S. The molecular weight excluding hydrogens is 330 g/mol. The van der Waals surface area contributed by atoms with Gasteiger partial charge in [0.2, 0.25) is 0 Å². The standard InChI is InChI=1S/C15H19N5O3S/c1-3-15(4-5-21)6-8(10(22)11(15)23)20-7-17-9-12(16)18-14(24-2)19-13(9)20/h1,7-8,10-11,21-23H,4-6H2,2H3,(H2,16,18,19)/t8?,10-,11-,15-/m0/s1. The van der Waals surface area contributed by atoms with Crippen LogP contribution < -0.4 is 5.73 Å². The van der Waals surface area contributed by atoms with Gasteiger partial charge in [0.1, 0.15) is 11.6 Å². The van der Waals surface area contributed by atoms with Crippen molar-refractivity contribution in [3.05, 3.63) is 6.33 Å². The van der Waals surface area contributed by atoms with E-state index in [9.17, 15) is 15.3 Å². The van der Waals surface area contributed by atoms with Crippen LogP contribution in [0.15, 0.2) is 11.5 Å². The van der Waals surface area contributed by atoms with Gasteiger partial charge in [-0.05, 0) is 19.1 Å². The van der Waals surface area contributed by atoms with Crippen LogP contribution >= 0.6 is 11.8 Å². The van der Waals surface area contributed by atoms with Crippen LogP contribution in [0.2, 0.25) is 0 Å². The smallest absolute Gasteiger partial charge is 0.191 e. The molecule has 1 aliphatic rings. The molecule has 3 rings (SSSR count). The van der Waals surface area contributed by atoms with E-state index < -0.39 is 23.7 Å². The van der Waals surface area contributed by atoms with Crippen LogP contribution in [0.3, 0.4) is 0 Å². The molecule has 9 heteroatoms. The van der Waals surface area contributed by atoms with E-state index in [2.05, 4.69) is 20.9 Å². The van der Waals surface area contributed by atoms with Crippen LogP contribution in [-0.2, 0) is 0 Å². The van der Waals surface area contributed by atoms with E-state index in [0.29, 0.717) is 22.7 Å². The second kappa shape index (κ2) is 6.22. The van der Waals surface area contributed by atoms with Crippen molar-refractivity contribution >= 4 is 28.7 Å². The van der Waals surface area contributed by atoms with Gasteiger partial charge in [-0.3, -0.25) is 0 Å². The molecule has 8 nitrogen and oxygen atoms in total. The fourth-order valence-corrected chi connectivity index (χ4v) is 3.70. The van der Waals surface area contributed by atoms with E-state index in [1.54, 1.807) is 4.57 Å². The summed E-state index contributed by atoms with van der Waals surface area (Å²) in [5.41, 5.74) is 5.85. The number of aromatic nitrogens is 4. The molecule has 24 heavy (non-hydrogen) atoms. The number of terminal acetylenes is 1.